The summed E-state index contributed by atoms with van der Waals surface area (Å²) in [6.07, 6.45) is 0. The highest BCUT2D eigenvalue weighted by atomic mass is 19.1. The van der Waals surface area contributed by atoms with Gasteiger partial charge in [-0.1, -0.05) is 48.5 Å². The van der Waals surface area contributed by atoms with Crippen LogP contribution in [-0.4, -0.2) is 17.4 Å². The number of aliphatic imine (C=N–C) groups is 1. The van der Waals surface area contributed by atoms with Gasteiger partial charge in [-0.3, -0.25) is 4.99 Å². The van der Waals surface area contributed by atoms with E-state index in [0.717, 1.165) is 5.56 Å². The molecule has 108 valence electrons. The second-order valence-corrected chi connectivity index (χ2v) is 5.50. The molecule has 1 aliphatic rings. The predicted octanol–water partition coefficient (Wildman–Crippen LogP) is 2.87. The van der Waals surface area contributed by atoms with E-state index in [1.807, 2.05) is 48.2 Å². The lowest BCUT2D eigenvalue weighted by Gasteiger charge is -2.37. The molecule has 3 rings (SSSR count). The van der Waals surface area contributed by atoms with Gasteiger partial charge >= 0.3 is 0 Å². The minimum atomic E-state index is -0.550. The van der Waals surface area contributed by atoms with Crippen LogP contribution in [-0.2, 0) is 12.1 Å². The summed E-state index contributed by atoms with van der Waals surface area (Å²) in [5, 5.41) is 0. The molecule has 21 heavy (non-hydrogen) atoms. The maximum atomic E-state index is 14.2. The number of benzene rings is 2. The maximum absolute atomic E-state index is 14.2. The zero-order valence-electron chi connectivity index (χ0n) is 12.0. The molecule has 2 aromatic carbocycles. The van der Waals surface area contributed by atoms with Gasteiger partial charge in [-0.2, -0.15) is 0 Å². The molecule has 0 bridgehead atoms. The lowest BCUT2D eigenvalue weighted by Crippen LogP contribution is -2.47. The van der Waals surface area contributed by atoms with Crippen LogP contribution >= 0.6 is 0 Å². The van der Waals surface area contributed by atoms with E-state index < -0.39 is 5.54 Å². The van der Waals surface area contributed by atoms with Gasteiger partial charge in [-0.25, -0.2) is 4.39 Å². The molecule has 0 saturated heterocycles. The van der Waals surface area contributed by atoms with Crippen LogP contribution in [0.25, 0.3) is 0 Å². The van der Waals surface area contributed by atoms with Gasteiger partial charge in [-0.15, -0.1) is 0 Å². The molecular formula is C17H18FN3. The number of halogens is 1. The average molecular weight is 283 g/mol. The van der Waals surface area contributed by atoms with Gasteiger partial charge in [0, 0.05) is 12.1 Å². The van der Waals surface area contributed by atoms with Crippen LogP contribution in [0.2, 0.25) is 0 Å². The molecule has 0 spiro atoms. The number of nitrogens with zero attached hydrogens (tertiary/aromatic N) is 2. The summed E-state index contributed by atoms with van der Waals surface area (Å²) in [6.45, 7) is 3.06. The van der Waals surface area contributed by atoms with Gasteiger partial charge in [0.15, 0.2) is 5.96 Å². The fraction of sp³-hybridized carbons (Fsp3) is 0.235. The molecule has 4 heteroatoms. The Morgan fingerprint density at radius 2 is 1.81 bits per heavy atom. The van der Waals surface area contributed by atoms with E-state index in [0.29, 0.717) is 24.6 Å². The van der Waals surface area contributed by atoms with Crippen molar-refractivity contribution in [3.05, 3.63) is 71.5 Å². The largest absolute Gasteiger partial charge is 0.370 e. The van der Waals surface area contributed by atoms with Crippen LogP contribution in [0.4, 0.5) is 4.39 Å². The quantitative estimate of drug-likeness (QED) is 0.941. The van der Waals surface area contributed by atoms with Crippen molar-refractivity contribution >= 4 is 5.96 Å². The third kappa shape index (κ3) is 2.37. The zero-order valence-corrected chi connectivity index (χ0v) is 12.0. The minimum Gasteiger partial charge on any atom is -0.370 e. The molecule has 0 aliphatic carbocycles. The van der Waals surface area contributed by atoms with Crippen LogP contribution in [0, 0.1) is 5.82 Å². The van der Waals surface area contributed by atoms with E-state index in [4.69, 9.17) is 5.73 Å². The molecule has 0 aromatic heterocycles. The average Bonchev–Trinajstić information content (AvgIpc) is 2.78. The molecule has 0 saturated carbocycles. The van der Waals surface area contributed by atoms with Crippen molar-refractivity contribution in [3.8, 4) is 0 Å². The maximum Gasteiger partial charge on any atom is 0.192 e. The summed E-state index contributed by atoms with van der Waals surface area (Å²) < 4.78 is 14.2. The van der Waals surface area contributed by atoms with Crippen LogP contribution in [0.15, 0.2) is 59.6 Å². The molecule has 1 aliphatic heterocycles. The van der Waals surface area contributed by atoms with Crippen LogP contribution in [0.5, 0.6) is 0 Å². The summed E-state index contributed by atoms with van der Waals surface area (Å²) in [4.78, 5) is 6.31. The number of hydrogen-bond acceptors (Lipinski definition) is 3. The number of hydrogen-bond donors (Lipinski definition) is 1. The Bertz CT molecular complexity index is 669. The summed E-state index contributed by atoms with van der Waals surface area (Å²) in [5.74, 6) is 0.243. The molecule has 1 heterocycles. The van der Waals surface area contributed by atoms with E-state index in [-0.39, 0.29) is 5.82 Å². The molecule has 0 amide bonds. The van der Waals surface area contributed by atoms with E-state index in [2.05, 4.69) is 4.99 Å². The lowest BCUT2D eigenvalue weighted by atomic mass is 9.90. The minimum absolute atomic E-state index is 0.219. The summed E-state index contributed by atoms with van der Waals surface area (Å²) in [6, 6.07) is 16.8. The fourth-order valence-electron chi connectivity index (χ4n) is 2.81. The molecule has 3 nitrogen and oxygen atoms in total. The first-order valence-electron chi connectivity index (χ1n) is 6.98. The first-order chi connectivity index (χ1) is 10.1. The van der Waals surface area contributed by atoms with E-state index in [1.165, 1.54) is 6.07 Å². The number of nitrogens with two attached hydrogens (primary N) is 1. The molecular weight excluding hydrogens is 265 g/mol. The second-order valence-electron chi connectivity index (χ2n) is 5.50. The Labute approximate surface area is 123 Å². The van der Waals surface area contributed by atoms with Gasteiger partial charge in [0.05, 0.1) is 12.1 Å². The lowest BCUT2D eigenvalue weighted by molar-refractivity contribution is 0.211. The van der Waals surface area contributed by atoms with Crippen molar-refractivity contribution in [2.45, 2.75) is 19.0 Å². The number of rotatable bonds is 3. The highest BCUT2D eigenvalue weighted by Crippen LogP contribution is 2.35. The Balaban J connectivity index is 1.97. The zero-order chi connectivity index (χ0) is 14.9. The SMILES string of the molecule is CC1(c2ccccc2F)CN=C(N)N1Cc1ccccc1. The van der Waals surface area contributed by atoms with Crippen LogP contribution < -0.4 is 5.73 Å². The van der Waals surface area contributed by atoms with Crippen molar-refractivity contribution < 1.29 is 4.39 Å². The highest BCUT2D eigenvalue weighted by molar-refractivity contribution is 5.81. The van der Waals surface area contributed by atoms with Gasteiger partial charge in [-0.05, 0) is 18.6 Å². The Morgan fingerprint density at radius 3 is 2.52 bits per heavy atom. The summed E-state index contributed by atoms with van der Waals surface area (Å²) in [5.41, 5.74) is 7.25. The standard InChI is InChI=1S/C17H18FN3/c1-17(14-9-5-6-10-15(14)18)12-20-16(19)21(17)11-13-7-3-2-4-8-13/h2-10H,11-12H2,1H3,(H2,19,20). The van der Waals surface area contributed by atoms with Crippen molar-refractivity contribution in [2.24, 2.45) is 10.7 Å². The smallest absolute Gasteiger partial charge is 0.192 e. The van der Waals surface area contributed by atoms with E-state index >= 15 is 0 Å². The molecule has 0 radical (unpaired) electrons. The third-order valence-electron chi connectivity index (χ3n) is 4.06. The monoisotopic (exact) mass is 283 g/mol. The highest BCUT2D eigenvalue weighted by Gasteiger charge is 2.41. The van der Waals surface area contributed by atoms with Gasteiger partial charge in [0.2, 0.25) is 0 Å². The Kier molecular flexibility index (Phi) is 3.37. The molecule has 0 fully saturated rings. The first kappa shape index (κ1) is 13.6. The van der Waals surface area contributed by atoms with Crippen LogP contribution in [0.1, 0.15) is 18.1 Å². The van der Waals surface area contributed by atoms with Crippen molar-refractivity contribution in [3.63, 3.8) is 0 Å². The summed E-state index contributed by atoms with van der Waals surface area (Å²) >= 11 is 0. The molecule has 2 N–H and O–H groups in total. The number of guanidine groups is 1. The van der Waals surface area contributed by atoms with Gasteiger partial charge in [0.1, 0.15) is 5.82 Å². The normalized spacial score (nSPS) is 21.4. The third-order valence-corrected chi connectivity index (χ3v) is 4.06. The topological polar surface area (TPSA) is 41.6 Å². The molecule has 1 unspecified atom stereocenters. The second kappa shape index (κ2) is 5.20. The predicted molar refractivity (Wildman–Crippen MR) is 82.2 cm³/mol. The van der Waals surface area contributed by atoms with Crippen molar-refractivity contribution in [2.75, 3.05) is 6.54 Å². The van der Waals surface area contributed by atoms with Crippen molar-refractivity contribution in [1.82, 2.24) is 4.90 Å². The Hall–Kier alpha value is -2.36. The molecule has 1 atom stereocenters. The molecule has 2 aromatic rings. The first-order valence-corrected chi connectivity index (χ1v) is 6.98. The van der Waals surface area contributed by atoms with Crippen LogP contribution in [0.3, 0.4) is 0 Å². The Morgan fingerprint density at radius 1 is 1.14 bits per heavy atom. The van der Waals surface area contributed by atoms with Crippen molar-refractivity contribution in [1.29, 1.82) is 0 Å². The fourth-order valence-corrected chi connectivity index (χ4v) is 2.81. The van der Waals surface area contributed by atoms with E-state index in [1.54, 1.807) is 12.1 Å². The van der Waals surface area contributed by atoms with Gasteiger partial charge in [0.25, 0.3) is 0 Å². The van der Waals surface area contributed by atoms with E-state index in [9.17, 15) is 4.39 Å². The van der Waals surface area contributed by atoms with Gasteiger partial charge < -0.3 is 10.6 Å². The summed E-state index contributed by atoms with van der Waals surface area (Å²) in [7, 11) is 0.